The number of terminal acetylenes is 1. The Morgan fingerprint density at radius 1 is 1.64 bits per heavy atom. The maximum absolute atomic E-state index is 5.51. The summed E-state index contributed by atoms with van der Waals surface area (Å²) in [5, 5.41) is 0. The molecule has 0 aliphatic carbocycles. The first-order valence-electron chi connectivity index (χ1n) is 4.82. The van der Waals surface area contributed by atoms with E-state index in [2.05, 4.69) is 24.3 Å². The number of nitrogens with zero attached hydrogens (tertiary/aromatic N) is 1. The van der Waals surface area contributed by atoms with Crippen molar-refractivity contribution in [1.82, 2.24) is 4.90 Å². The van der Waals surface area contributed by atoms with Gasteiger partial charge >= 0.3 is 0 Å². The Kier molecular flexibility index (Phi) is 6.53. The molecule has 0 aliphatic rings. The summed E-state index contributed by atoms with van der Waals surface area (Å²) in [6, 6.07) is 0.0363. The molecule has 0 aliphatic heterocycles. The molecule has 0 amide bonds. The highest BCUT2D eigenvalue weighted by atomic mass is 15.1. The van der Waals surface area contributed by atoms with Gasteiger partial charge in [0.1, 0.15) is 0 Å². The normalized spacial score (nSPS) is 14.4. The van der Waals surface area contributed by atoms with E-state index >= 15 is 0 Å². The van der Waals surface area contributed by atoms with E-state index in [0.29, 0.717) is 0 Å². The van der Waals surface area contributed by atoms with Crippen molar-refractivity contribution in [3.8, 4) is 12.3 Å². The summed E-state index contributed by atoms with van der Waals surface area (Å²) in [4.78, 5) is 2.12. The molecule has 1 unspecified atom stereocenters. The van der Waals surface area contributed by atoms with Crippen molar-refractivity contribution < 1.29 is 0 Å². The molecule has 0 saturated heterocycles. The van der Waals surface area contributed by atoms with Crippen LogP contribution in [-0.4, -0.2) is 24.5 Å². The van der Waals surface area contributed by atoms with E-state index in [9.17, 15) is 0 Å². The molecule has 1 nitrogen and oxygen atoms in total. The zero-order valence-corrected chi connectivity index (χ0v) is 9.33. The maximum atomic E-state index is 5.51. The Labute approximate surface area is 87.8 Å². The number of rotatable bonds is 5. The van der Waals surface area contributed by atoms with Gasteiger partial charge in [-0.1, -0.05) is 43.7 Å². The Balaban J connectivity index is 4.87. The SMILES string of the molecule is C#CC(C(/C=C\C)=C/C=C)N(C)CC. The van der Waals surface area contributed by atoms with Crippen molar-refractivity contribution in [2.75, 3.05) is 13.6 Å². The standard InChI is InChI=1S/C13H19N/c1-6-10-12(11-7-2)13(8-3)14(5)9-4/h3,6-7,10-11,13H,1,9H2,2,4-5H3/b11-7-,12-10+. The van der Waals surface area contributed by atoms with Crippen LogP contribution < -0.4 is 0 Å². The van der Waals surface area contributed by atoms with Crippen LogP contribution in [0.25, 0.3) is 0 Å². The van der Waals surface area contributed by atoms with Crippen molar-refractivity contribution in [3.05, 3.63) is 36.5 Å². The lowest BCUT2D eigenvalue weighted by molar-refractivity contribution is 0.337. The van der Waals surface area contributed by atoms with Crippen LogP contribution in [0.5, 0.6) is 0 Å². The molecule has 0 aromatic heterocycles. The van der Waals surface area contributed by atoms with E-state index in [4.69, 9.17) is 6.42 Å². The third kappa shape index (κ3) is 3.64. The summed E-state index contributed by atoms with van der Waals surface area (Å²) < 4.78 is 0. The fraction of sp³-hybridized carbons (Fsp3) is 0.385. The molecular formula is C13H19N. The smallest absolute Gasteiger partial charge is 0.0965 e. The Morgan fingerprint density at radius 3 is 2.64 bits per heavy atom. The summed E-state index contributed by atoms with van der Waals surface area (Å²) in [6.45, 7) is 8.69. The van der Waals surface area contributed by atoms with E-state index in [-0.39, 0.29) is 6.04 Å². The first kappa shape index (κ1) is 12.7. The van der Waals surface area contributed by atoms with Crippen LogP contribution in [0.2, 0.25) is 0 Å². The van der Waals surface area contributed by atoms with Crippen LogP contribution in [0.3, 0.4) is 0 Å². The fourth-order valence-corrected chi connectivity index (χ4v) is 1.23. The molecular weight excluding hydrogens is 170 g/mol. The second-order valence-corrected chi connectivity index (χ2v) is 3.04. The number of allylic oxidation sites excluding steroid dienone is 3. The van der Waals surface area contributed by atoms with Crippen LogP contribution in [0.1, 0.15) is 13.8 Å². The minimum atomic E-state index is 0.0363. The first-order chi connectivity index (χ1) is 6.71. The van der Waals surface area contributed by atoms with Gasteiger partial charge in [-0.2, -0.15) is 0 Å². The van der Waals surface area contributed by atoms with E-state index < -0.39 is 0 Å². The third-order valence-corrected chi connectivity index (χ3v) is 2.08. The van der Waals surface area contributed by atoms with Crippen molar-refractivity contribution in [2.45, 2.75) is 19.9 Å². The molecule has 0 spiro atoms. The van der Waals surface area contributed by atoms with Gasteiger partial charge in [0.15, 0.2) is 0 Å². The molecule has 0 aromatic carbocycles. The van der Waals surface area contributed by atoms with Gasteiger partial charge in [-0.15, -0.1) is 6.42 Å². The minimum Gasteiger partial charge on any atom is -0.289 e. The Bertz CT molecular complexity index is 265. The quantitative estimate of drug-likeness (QED) is 0.474. The second kappa shape index (κ2) is 7.17. The van der Waals surface area contributed by atoms with Crippen LogP contribution in [0.15, 0.2) is 36.5 Å². The minimum absolute atomic E-state index is 0.0363. The number of hydrogen-bond acceptors (Lipinski definition) is 1. The highest BCUT2D eigenvalue weighted by molar-refractivity contribution is 5.34. The van der Waals surface area contributed by atoms with Crippen LogP contribution >= 0.6 is 0 Å². The van der Waals surface area contributed by atoms with E-state index in [1.54, 1.807) is 6.08 Å². The molecule has 0 aromatic rings. The maximum Gasteiger partial charge on any atom is 0.0965 e. The van der Waals surface area contributed by atoms with Gasteiger partial charge < -0.3 is 0 Å². The highest BCUT2D eigenvalue weighted by Crippen LogP contribution is 2.10. The molecule has 0 rings (SSSR count). The molecule has 76 valence electrons. The van der Waals surface area contributed by atoms with Gasteiger partial charge in [0.05, 0.1) is 6.04 Å². The van der Waals surface area contributed by atoms with E-state index in [1.165, 1.54) is 0 Å². The summed E-state index contributed by atoms with van der Waals surface area (Å²) >= 11 is 0. The van der Waals surface area contributed by atoms with E-state index in [1.807, 2.05) is 32.2 Å². The number of hydrogen-bond donors (Lipinski definition) is 0. The lowest BCUT2D eigenvalue weighted by Crippen LogP contribution is -2.31. The Hall–Kier alpha value is -1.26. The molecule has 14 heavy (non-hydrogen) atoms. The summed E-state index contributed by atoms with van der Waals surface area (Å²) in [7, 11) is 2.02. The van der Waals surface area contributed by atoms with Gasteiger partial charge in [-0.05, 0) is 26.1 Å². The molecule has 0 radical (unpaired) electrons. The molecule has 0 heterocycles. The fourth-order valence-electron chi connectivity index (χ4n) is 1.23. The van der Waals surface area contributed by atoms with Crippen LogP contribution in [-0.2, 0) is 0 Å². The largest absolute Gasteiger partial charge is 0.289 e. The molecule has 0 fully saturated rings. The molecule has 0 saturated carbocycles. The van der Waals surface area contributed by atoms with Gasteiger partial charge in [0.2, 0.25) is 0 Å². The van der Waals surface area contributed by atoms with Gasteiger partial charge in [-0.25, -0.2) is 0 Å². The van der Waals surface area contributed by atoms with Gasteiger partial charge in [0, 0.05) is 0 Å². The van der Waals surface area contributed by atoms with Crippen LogP contribution in [0.4, 0.5) is 0 Å². The average molecular weight is 189 g/mol. The molecule has 1 heteroatoms. The van der Waals surface area contributed by atoms with Crippen LogP contribution in [0, 0.1) is 12.3 Å². The number of likely N-dealkylation sites (N-methyl/N-ethyl adjacent to an activating group) is 1. The predicted octanol–water partition coefficient (Wildman–Crippen LogP) is 2.63. The van der Waals surface area contributed by atoms with Crippen molar-refractivity contribution in [2.24, 2.45) is 0 Å². The van der Waals surface area contributed by atoms with Crippen molar-refractivity contribution >= 4 is 0 Å². The summed E-state index contributed by atoms with van der Waals surface area (Å²) in [6.07, 6.45) is 13.2. The lowest BCUT2D eigenvalue weighted by Gasteiger charge is -2.23. The predicted molar refractivity (Wildman–Crippen MR) is 64.0 cm³/mol. The molecule has 0 N–H and O–H groups in total. The summed E-state index contributed by atoms with van der Waals surface area (Å²) in [5.74, 6) is 2.78. The van der Waals surface area contributed by atoms with Crippen molar-refractivity contribution in [1.29, 1.82) is 0 Å². The van der Waals surface area contributed by atoms with Gasteiger partial charge in [0.25, 0.3) is 0 Å². The monoisotopic (exact) mass is 189 g/mol. The summed E-state index contributed by atoms with van der Waals surface area (Å²) in [5.41, 5.74) is 1.11. The zero-order valence-electron chi connectivity index (χ0n) is 9.33. The average Bonchev–Trinajstić information content (AvgIpc) is 2.19. The Morgan fingerprint density at radius 2 is 2.29 bits per heavy atom. The van der Waals surface area contributed by atoms with Crippen molar-refractivity contribution in [3.63, 3.8) is 0 Å². The van der Waals surface area contributed by atoms with E-state index in [0.717, 1.165) is 12.1 Å². The highest BCUT2D eigenvalue weighted by Gasteiger charge is 2.12. The first-order valence-corrected chi connectivity index (χ1v) is 4.82. The topological polar surface area (TPSA) is 3.24 Å². The molecule has 0 bridgehead atoms. The van der Waals surface area contributed by atoms with Gasteiger partial charge in [-0.3, -0.25) is 4.90 Å². The molecule has 1 atom stereocenters. The lowest BCUT2D eigenvalue weighted by atomic mass is 10.1. The third-order valence-electron chi connectivity index (χ3n) is 2.08. The zero-order chi connectivity index (χ0) is 11.0. The second-order valence-electron chi connectivity index (χ2n) is 3.04.